The molecule has 0 radical (unpaired) electrons. The maximum absolute atomic E-state index is 6.25. The molecule has 0 aromatic heterocycles. The van der Waals surface area contributed by atoms with Crippen LogP contribution >= 0.6 is 35.6 Å². The van der Waals surface area contributed by atoms with Crippen molar-refractivity contribution < 1.29 is 4.74 Å². The molecule has 2 aromatic carbocycles. The monoisotopic (exact) mass is 399 g/mol. The van der Waals surface area contributed by atoms with Crippen LogP contribution in [0.3, 0.4) is 0 Å². The Morgan fingerprint density at radius 3 is 2.40 bits per heavy atom. The Balaban J connectivity index is 0.00000225. The summed E-state index contributed by atoms with van der Waals surface area (Å²) in [7, 11) is 0. The molecule has 0 unspecified atom stereocenters. The molecule has 1 N–H and O–H groups in total. The van der Waals surface area contributed by atoms with Gasteiger partial charge >= 0.3 is 0 Å². The summed E-state index contributed by atoms with van der Waals surface area (Å²) in [5.41, 5.74) is 2.54. The highest BCUT2D eigenvalue weighted by Gasteiger charge is 2.34. The van der Waals surface area contributed by atoms with E-state index >= 15 is 0 Å². The molecule has 25 heavy (non-hydrogen) atoms. The number of ether oxygens (including phenoxy) is 1. The summed E-state index contributed by atoms with van der Waals surface area (Å²) in [5, 5.41) is 4.70. The van der Waals surface area contributed by atoms with Crippen molar-refractivity contribution >= 4 is 35.6 Å². The Kier molecular flexibility index (Phi) is 8.05. The Bertz CT molecular complexity index is 657. The maximum Gasteiger partial charge on any atom is 0.0625 e. The highest BCUT2D eigenvalue weighted by Crippen LogP contribution is 2.34. The van der Waals surface area contributed by atoms with Crippen LogP contribution in [0, 0.1) is 0 Å². The zero-order chi connectivity index (χ0) is 16.8. The Hall–Kier alpha value is -0.770. The predicted molar refractivity (Wildman–Crippen MR) is 108 cm³/mol. The van der Waals surface area contributed by atoms with E-state index in [9.17, 15) is 0 Å². The third kappa shape index (κ3) is 5.12. The molecule has 1 heterocycles. The lowest BCUT2D eigenvalue weighted by molar-refractivity contribution is 0.0690. The smallest absolute Gasteiger partial charge is 0.0625 e. The van der Waals surface area contributed by atoms with E-state index in [0.717, 1.165) is 44.5 Å². The number of piperidine rings is 1. The van der Waals surface area contributed by atoms with Crippen molar-refractivity contribution in [2.24, 2.45) is 0 Å². The van der Waals surface area contributed by atoms with Crippen molar-refractivity contribution in [3.05, 3.63) is 69.7 Å². The van der Waals surface area contributed by atoms with Crippen LogP contribution in [0.4, 0.5) is 0 Å². The van der Waals surface area contributed by atoms with E-state index < -0.39 is 0 Å². The largest absolute Gasteiger partial charge is 0.380 e. The van der Waals surface area contributed by atoms with Crippen molar-refractivity contribution in [1.29, 1.82) is 0 Å². The van der Waals surface area contributed by atoms with Gasteiger partial charge in [-0.25, -0.2) is 0 Å². The molecule has 1 aliphatic heterocycles. The second kappa shape index (κ2) is 9.80. The van der Waals surface area contributed by atoms with E-state index in [1.165, 1.54) is 5.56 Å². The number of nitrogens with one attached hydrogen (secondary N) is 1. The number of rotatable bonds is 6. The van der Waals surface area contributed by atoms with Crippen LogP contribution < -0.4 is 5.32 Å². The zero-order valence-corrected chi connectivity index (χ0v) is 16.5. The van der Waals surface area contributed by atoms with Gasteiger partial charge in [-0.15, -0.1) is 12.4 Å². The first-order valence-corrected chi connectivity index (χ1v) is 9.24. The fourth-order valence-electron chi connectivity index (χ4n) is 3.40. The lowest BCUT2D eigenvalue weighted by Crippen LogP contribution is -2.43. The Morgan fingerprint density at radius 2 is 1.68 bits per heavy atom. The minimum absolute atomic E-state index is 0. The molecule has 0 saturated carbocycles. The topological polar surface area (TPSA) is 21.3 Å². The van der Waals surface area contributed by atoms with E-state index in [1.807, 2.05) is 18.2 Å². The highest BCUT2D eigenvalue weighted by molar-refractivity contribution is 6.42. The fraction of sp³-hybridized carbons (Fsp3) is 0.400. The van der Waals surface area contributed by atoms with Crippen LogP contribution in [0.1, 0.15) is 24.0 Å². The molecule has 0 atom stereocenters. The van der Waals surface area contributed by atoms with Crippen molar-refractivity contribution in [2.75, 3.05) is 26.3 Å². The molecule has 0 spiro atoms. The molecule has 0 amide bonds. The van der Waals surface area contributed by atoms with Crippen LogP contribution in [-0.4, -0.2) is 26.3 Å². The van der Waals surface area contributed by atoms with Crippen LogP contribution in [0.25, 0.3) is 0 Å². The van der Waals surface area contributed by atoms with Gasteiger partial charge in [0.15, 0.2) is 0 Å². The lowest BCUT2D eigenvalue weighted by Gasteiger charge is -2.38. The summed E-state index contributed by atoms with van der Waals surface area (Å²) >= 11 is 12.3. The second-order valence-corrected chi connectivity index (χ2v) is 7.20. The fourth-order valence-corrected chi connectivity index (χ4v) is 3.82. The van der Waals surface area contributed by atoms with E-state index in [4.69, 9.17) is 27.9 Å². The van der Waals surface area contributed by atoms with E-state index in [2.05, 4.69) is 35.6 Å². The molecule has 5 heteroatoms. The summed E-state index contributed by atoms with van der Waals surface area (Å²) < 4.78 is 6.10. The molecule has 2 aromatic rings. The van der Waals surface area contributed by atoms with E-state index in [0.29, 0.717) is 16.7 Å². The van der Waals surface area contributed by atoms with Gasteiger partial charge in [0.2, 0.25) is 0 Å². The molecule has 1 saturated heterocycles. The molecule has 0 bridgehead atoms. The van der Waals surface area contributed by atoms with Crippen LogP contribution in [0.15, 0.2) is 48.5 Å². The van der Waals surface area contributed by atoms with Gasteiger partial charge < -0.3 is 10.1 Å². The molecule has 1 aliphatic rings. The quantitative estimate of drug-likeness (QED) is 0.665. The van der Waals surface area contributed by atoms with Crippen molar-refractivity contribution in [1.82, 2.24) is 5.32 Å². The van der Waals surface area contributed by atoms with Gasteiger partial charge in [-0.05, 0) is 49.5 Å². The van der Waals surface area contributed by atoms with E-state index in [-0.39, 0.29) is 17.8 Å². The normalized spacial score (nSPS) is 16.2. The summed E-state index contributed by atoms with van der Waals surface area (Å²) in [6.45, 7) is 3.48. The first kappa shape index (κ1) is 20.5. The maximum atomic E-state index is 6.25. The second-order valence-electron chi connectivity index (χ2n) is 6.41. The van der Waals surface area contributed by atoms with Crippen molar-refractivity contribution in [3.8, 4) is 0 Å². The molecule has 1 fully saturated rings. The summed E-state index contributed by atoms with van der Waals surface area (Å²) in [6, 6.07) is 16.5. The highest BCUT2D eigenvalue weighted by atomic mass is 35.5. The van der Waals surface area contributed by atoms with Crippen LogP contribution in [0.5, 0.6) is 0 Å². The van der Waals surface area contributed by atoms with Gasteiger partial charge in [0.1, 0.15) is 0 Å². The number of benzene rings is 2. The van der Waals surface area contributed by atoms with Gasteiger partial charge in [0.25, 0.3) is 0 Å². The first-order valence-electron chi connectivity index (χ1n) is 8.48. The zero-order valence-electron chi connectivity index (χ0n) is 14.1. The standard InChI is InChI=1S/C20H23Cl2NO.ClH/c21-18-8-4-5-16(19(18)22)9-14-24-15-20(10-12-23-13-11-20)17-6-2-1-3-7-17;/h1-8,23H,9-15H2;1H. The minimum Gasteiger partial charge on any atom is -0.380 e. The summed E-state index contributed by atoms with van der Waals surface area (Å²) in [5.74, 6) is 0. The summed E-state index contributed by atoms with van der Waals surface area (Å²) in [4.78, 5) is 0. The third-order valence-corrected chi connectivity index (χ3v) is 5.73. The molecule has 0 aliphatic carbocycles. The van der Waals surface area contributed by atoms with Gasteiger partial charge in [0.05, 0.1) is 23.3 Å². The number of halogens is 3. The van der Waals surface area contributed by atoms with Crippen molar-refractivity contribution in [2.45, 2.75) is 24.7 Å². The Labute approximate surface area is 166 Å². The Morgan fingerprint density at radius 1 is 0.960 bits per heavy atom. The van der Waals surface area contributed by atoms with Crippen LogP contribution in [-0.2, 0) is 16.6 Å². The first-order chi connectivity index (χ1) is 11.7. The average molecular weight is 401 g/mol. The number of hydrogen-bond donors (Lipinski definition) is 1. The summed E-state index contributed by atoms with van der Waals surface area (Å²) in [6.07, 6.45) is 2.99. The molecule has 3 rings (SSSR count). The predicted octanol–water partition coefficient (Wildman–Crippen LogP) is 5.30. The van der Waals surface area contributed by atoms with Gasteiger partial charge in [-0.3, -0.25) is 0 Å². The average Bonchev–Trinajstić information content (AvgIpc) is 2.64. The molecular formula is C20H24Cl3NO. The molecule has 136 valence electrons. The third-order valence-electron chi connectivity index (χ3n) is 4.87. The number of hydrogen-bond acceptors (Lipinski definition) is 2. The van der Waals surface area contributed by atoms with Gasteiger partial charge in [0, 0.05) is 5.41 Å². The lowest BCUT2D eigenvalue weighted by atomic mass is 9.74. The van der Waals surface area contributed by atoms with Crippen LogP contribution in [0.2, 0.25) is 10.0 Å². The molecular weight excluding hydrogens is 377 g/mol. The van der Waals surface area contributed by atoms with E-state index in [1.54, 1.807) is 0 Å². The van der Waals surface area contributed by atoms with Gasteiger partial charge in [-0.2, -0.15) is 0 Å². The molecule has 2 nitrogen and oxygen atoms in total. The van der Waals surface area contributed by atoms with Crippen molar-refractivity contribution in [3.63, 3.8) is 0 Å². The van der Waals surface area contributed by atoms with Gasteiger partial charge in [-0.1, -0.05) is 65.7 Å². The minimum atomic E-state index is 0. The SMILES string of the molecule is Cl.Clc1cccc(CCOCC2(c3ccccc3)CCNCC2)c1Cl.